The van der Waals surface area contributed by atoms with E-state index in [2.05, 4.69) is 5.32 Å². The van der Waals surface area contributed by atoms with Gasteiger partial charge in [-0.3, -0.25) is 0 Å². The Bertz CT molecular complexity index is 1080. The van der Waals surface area contributed by atoms with E-state index >= 15 is 0 Å². The van der Waals surface area contributed by atoms with Crippen molar-refractivity contribution in [2.45, 2.75) is 12.7 Å². The third kappa shape index (κ3) is 3.10. The van der Waals surface area contributed by atoms with Crippen LogP contribution in [0.25, 0.3) is 21.9 Å². The van der Waals surface area contributed by atoms with Crippen LogP contribution < -0.4 is 5.32 Å². The van der Waals surface area contributed by atoms with Crippen molar-refractivity contribution in [1.29, 1.82) is 0 Å². The second-order valence-electron chi connectivity index (χ2n) is 6.00. The molecule has 1 aromatic heterocycles. The van der Waals surface area contributed by atoms with E-state index in [1.165, 1.54) is 24.3 Å². The Labute approximate surface area is 146 Å². The van der Waals surface area contributed by atoms with E-state index in [0.29, 0.717) is 23.1 Å². The van der Waals surface area contributed by atoms with Gasteiger partial charge in [0, 0.05) is 23.0 Å². The molecule has 0 aliphatic carbocycles. The fraction of sp³-hybridized carbons (Fsp3) is 0.100. The summed E-state index contributed by atoms with van der Waals surface area (Å²) in [5.41, 5.74) is 2.06. The predicted octanol–water partition coefficient (Wildman–Crippen LogP) is 6.36. The Morgan fingerprint density at radius 2 is 1.46 bits per heavy atom. The molecule has 4 aromatic rings. The quantitative estimate of drug-likeness (QED) is 0.431. The lowest BCUT2D eigenvalue weighted by molar-refractivity contribution is -0.137. The van der Waals surface area contributed by atoms with Crippen LogP contribution in [0.3, 0.4) is 0 Å². The van der Waals surface area contributed by atoms with Gasteiger partial charge in [0.25, 0.3) is 0 Å². The summed E-state index contributed by atoms with van der Waals surface area (Å²) < 4.78 is 56.9. The number of benzene rings is 3. The van der Waals surface area contributed by atoms with Gasteiger partial charge in [-0.25, -0.2) is 4.39 Å². The van der Waals surface area contributed by atoms with Gasteiger partial charge in [0.05, 0.1) is 5.56 Å². The van der Waals surface area contributed by atoms with Crippen molar-refractivity contribution in [3.8, 4) is 0 Å². The SMILES string of the molecule is Fc1ccc2oc3ccc(NCc4ccc(C(F)(F)F)cc4)cc3c2c1. The highest BCUT2D eigenvalue weighted by molar-refractivity contribution is 6.05. The Morgan fingerprint density at radius 1 is 0.808 bits per heavy atom. The second kappa shape index (κ2) is 6.05. The van der Waals surface area contributed by atoms with E-state index in [1.807, 2.05) is 12.1 Å². The normalized spacial score (nSPS) is 12.0. The fourth-order valence-corrected chi connectivity index (χ4v) is 2.88. The summed E-state index contributed by atoms with van der Waals surface area (Å²) in [6.07, 6.45) is -4.34. The highest BCUT2D eigenvalue weighted by atomic mass is 19.4. The van der Waals surface area contributed by atoms with Crippen molar-refractivity contribution < 1.29 is 22.0 Å². The minimum Gasteiger partial charge on any atom is -0.456 e. The first-order valence-electron chi connectivity index (χ1n) is 7.92. The number of hydrogen-bond acceptors (Lipinski definition) is 2. The molecule has 0 aliphatic heterocycles. The Morgan fingerprint density at radius 3 is 2.15 bits per heavy atom. The van der Waals surface area contributed by atoms with Gasteiger partial charge in [-0.05, 0) is 54.1 Å². The maximum absolute atomic E-state index is 13.5. The van der Waals surface area contributed by atoms with Crippen LogP contribution in [0.2, 0.25) is 0 Å². The third-order valence-corrected chi connectivity index (χ3v) is 4.21. The van der Waals surface area contributed by atoms with Gasteiger partial charge in [-0.1, -0.05) is 12.1 Å². The smallest absolute Gasteiger partial charge is 0.416 e. The molecule has 0 saturated heterocycles. The Hall–Kier alpha value is -3.02. The zero-order valence-electron chi connectivity index (χ0n) is 13.4. The van der Waals surface area contributed by atoms with E-state index in [-0.39, 0.29) is 5.82 Å². The molecule has 0 saturated carbocycles. The Balaban J connectivity index is 1.57. The maximum Gasteiger partial charge on any atom is 0.416 e. The number of halogens is 4. The molecule has 0 unspecified atom stereocenters. The molecule has 0 aliphatic rings. The summed E-state index contributed by atoms with van der Waals surface area (Å²) in [4.78, 5) is 0. The lowest BCUT2D eigenvalue weighted by Gasteiger charge is -2.09. The molecule has 0 amide bonds. The molecule has 0 spiro atoms. The van der Waals surface area contributed by atoms with Crippen LogP contribution in [0.1, 0.15) is 11.1 Å². The number of nitrogens with one attached hydrogen (secondary N) is 1. The molecule has 26 heavy (non-hydrogen) atoms. The number of rotatable bonds is 3. The molecule has 132 valence electrons. The number of furan rings is 1. The van der Waals surface area contributed by atoms with Gasteiger partial charge < -0.3 is 9.73 Å². The van der Waals surface area contributed by atoms with Crippen LogP contribution in [0, 0.1) is 5.82 Å². The molecule has 0 fully saturated rings. The van der Waals surface area contributed by atoms with Gasteiger partial charge in [-0.15, -0.1) is 0 Å². The molecule has 1 heterocycles. The van der Waals surface area contributed by atoms with Crippen LogP contribution in [0.15, 0.2) is 65.1 Å². The van der Waals surface area contributed by atoms with Crippen molar-refractivity contribution in [3.63, 3.8) is 0 Å². The summed E-state index contributed by atoms with van der Waals surface area (Å²) in [5.74, 6) is -0.344. The topological polar surface area (TPSA) is 25.2 Å². The highest BCUT2D eigenvalue weighted by Gasteiger charge is 2.29. The summed E-state index contributed by atoms with van der Waals surface area (Å²) in [5, 5.41) is 4.62. The van der Waals surface area contributed by atoms with E-state index in [9.17, 15) is 17.6 Å². The monoisotopic (exact) mass is 359 g/mol. The zero-order chi connectivity index (χ0) is 18.3. The van der Waals surface area contributed by atoms with Crippen molar-refractivity contribution in [2.24, 2.45) is 0 Å². The average Bonchev–Trinajstić information content (AvgIpc) is 2.97. The molecule has 6 heteroatoms. The predicted molar refractivity (Wildman–Crippen MR) is 92.4 cm³/mol. The average molecular weight is 359 g/mol. The number of alkyl halides is 3. The summed E-state index contributed by atoms with van der Waals surface area (Å²) in [7, 11) is 0. The van der Waals surface area contributed by atoms with Gasteiger partial charge in [0.1, 0.15) is 17.0 Å². The summed E-state index contributed by atoms with van der Waals surface area (Å²) in [6.45, 7) is 0.369. The van der Waals surface area contributed by atoms with Gasteiger partial charge in [-0.2, -0.15) is 13.2 Å². The van der Waals surface area contributed by atoms with Crippen molar-refractivity contribution in [1.82, 2.24) is 0 Å². The summed E-state index contributed by atoms with van der Waals surface area (Å²) in [6, 6.07) is 14.8. The first-order chi connectivity index (χ1) is 12.4. The number of anilines is 1. The molecule has 4 rings (SSSR count). The first-order valence-corrected chi connectivity index (χ1v) is 7.92. The highest BCUT2D eigenvalue weighted by Crippen LogP contribution is 2.32. The van der Waals surface area contributed by atoms with Gasteiger partial charge in [0.15, 0.2) is 0 Å². The lowest BCUT2D eigenvalue weighted by atomic mass is 10.1. The van der Waals surface area contributed by atoms with Crippen LogP contribution >= 0.6 is 0 Å². The van der Waals surface area contributed by atoms with Crippen LogP contribution in [0.4, 0.5) is 23.2 Å². The maximum atomic E-state index is 13.5. The van der Waals surface area contributed by atoms with Crippen LogP contribution in [0.5, 0.6) is 0 Å². The van der Waals surface area contributed by atoms with E-state index in [0.717, 1.165) is 28.8 Å². The molecule has 0 bridgehead atoms. The standard InChI is InChI=1S/C20H13F4NO/c21-14-5-7-18-16(9-14)17-10-15(6-8-19(17)26-18)25-11-12-1-3-13(4-2-12)20(22,23)24/h1-10,25H,11H2. The second-order valence-corrected chi connectivity index (χ2v) is 6.00. The zero-order valence-corrected chi connectivity index (χ0v) is 13.4. The molecule has 0 radical (unpaired) electrons. The lowest BCUT2D eigenvalue weighted by Crippen LogP contribution is -2.05. The molecule has 3 aromatic carbocycles. The van der Waals surface area contributed by atoms with Crippen molar-refractivity contribution in [2.75, 3.05) is 5.32 Å². The minimum atomic E-state index is -4.34. The number of fused-ring (bicyclic) bond motifs is 3. The van der Waals surface area contributed by atoms with Gasteiger partial charge in [0.2, 0.25) is 0 Å². The fourth-order valence-electron chi connectivity index (χ4n) is 2.88. The third-order valence-electron chi connectivity index (χ3n) is 4.21. The van der Waals surface area contributed by atoms with E-state index in [4.69, 9.17) is 4.42 Å². The largest absolute Gasteiger partial charge is 0.456 e. The molecular weight excluding hydrogens is 346 g/mol. The first kappa shape index (κ1) is 16.4. The van der Waals surface area contributed by atoms with Crippen LogP contribution in [-0.2, 0) is 12.7 Å². The van der Waals surface area contributed by atoms with Crippen LogP contribution in [-0.4, -0.2) is 0 Å². The van der Waals surface area contributed by atoms with Crippen molar-refractivity contribution >= 4 is 27.6 Å². The molecular formula is C20H13F4NO. The molecule has 1 N–H and O–H groups in total. The van der Waals surface area contributed by atoms with Crippen molar-refractivity contribution in [3.05, 3.63) is 77.6 Å². The number of hydrogen-bond donors (Lipinski definition) is 1. The van der Waals surface area contributed by atoms with Gasteiger partial charge >= 0.3 is 6.18 Å². The van der Waals surface area contributed by atoms with E-state index in [1.54, 1.807) is 12.1 Å². The Kier molecular flexibility index (Phi) is 3.83. The summed E-state index contributed by atoms with van der Waals surface area (Å²) >= 11 is 0. The molecule has 0 atom stereocenters. The molecule has 2 nitrogen and oxygen atoms in total. The van der Waals surface area contributed by atoms with E-state index < -0.39 is 11.7 Å². The minimum absolute atomic E-state index is 0.344.